The van der Waals surface area contributed by atoms with Crippen LogP contribution in [-0.4, -0.2) is 23.2 Å². The van der Waals surface area contributed by atoms with E-state index in [2.05, 4.69) is 4.72 Å². The number of carbonyl (C=O) groups excluding carboxylic acids is 2. The van der Waals surface area contributed by atoms with Gasteiger partial charge in [-0.3, -0.25) is 9.52 Å². The summed E-state index contributed by atoms with van der Waals surface area (Å²) < 4.78 is 2.12. The van der Waals surface area contributed by atoms with Crippen molar-refractivity contribution < 1.29 is 9.59 Å². The summed E-state index contributed by atoms with van der Waals surface area (Å²) in [6, 6.07) is -0.695. The van der Waals surface area contributed by atoms with Crippen LogP contribution in [0.3, 0.4) is 0 Å². The lowest BCUT2D eigenvalue weighted by atomic mass is 10.9. The smallest absolute Gasteiger partial charge is 0.322 e. The van der Waals surface area contributed by atoms with Gasteiger partial charge >= 0.3 is 6.03 Å². The van der Waals surface area contributed by atoms with Crippen molar-refractivity contribution in [1.29, 1.82) is 0 Å². The number of rotatable bonds is 2. The maximum Gasteiger partial charge on any atom is 0.322 e. The molecule has 0 spiro atoms. The number of thioether (sulfide) groups is 1. The second-order valence-electron chi connectivity index (χ2n) is 1.37. The molecule has 0 aromatic heterocycles. The molecule has 0 rings (SSSR count). The number of urea groups is 1. The highest BCUT2D eigenvalue weighted by molar-refractivity contribution is 8.14. The summed E-state index contributed by atoms with van der Waals surface area (Å²) in [5, 5.41) is -0.105. The molecule has 0 bridgehead atoms. The first kappa shape index (κ1) is 9.64. The Kier molecular flexibility index (Phi) is 5.23. The lowest BCUT2D eigenvalue weighted by molar-refractivity contribution is -0.108. The molecule has 0 aromatic carbocycles. The van der Waals surface area contributed by atoms with Gasteiger partial charge in [0.05, 0.1) is 5.75 Å². The molecule has 0 aliphatic carbocycles. The number of hydrogen-bond acceptors (Lipinski definition) is 4. The van der Waals surface area contributed by atoms with Gasteiger partial charge in [0.15, 0.2) is 0 Å². The first-order valence-electron chi connectivity index (χ1n) is 2.41. The van der Waals surface area contributed by atoms with Crippen molar-refractivity contribution in [3.63, 3.8) is 0 Å². The van der Waals surface area contributed by atoms with Gasteiger partial charge in [0, 0.05) is 11.9 Å². The van der Waals surface area contributed by atoms with E-state index in [9.17, 15) is 9.59 Å². The van der Waals surface area contributed by atoms with Gasteiger partial charge in [0.25, 0.3) is 0 Å². The minimum absolute atomic E-state index is 0.105. The average molecular weight is 180 g/mol. The van der Waals surface area contributed by atoms with E-state index in [4.69, 9.17) is 5.73 Å². The summed E-state index contributed by atoms with van der Waals surface area (Å²) in [6.45, 7) is 0. The zero-order valence-electron chi connectivity index (χ0n) is 5.42. The molecule has 3 N–H and O–H groups in total. The molecule has 0 saturated carbocycles. The van der Waals surface area contributed by atoms with Crippen LogP contribution in [0.5, 0.6) is 0 Å². The summed E-state index contributed by atoms with van der Waals surface area (Å²) in [6.07, 6.45) is 1.81. The third kappa shape index (κ3) is 5.77. The van der Waals surface area contributed by atoms with Crippen LogP contribution < -0.4 is 10.5 Å². The molecular formula is C4H8N2O2S2. The minimum Gasteiger partial charge on any atom is -0.351 e. The van der Waals surface area contributed by atoms with Crippen molar-refractivity contribution in [2.45, 2.75) is 0 Å². The third-order valence-corrected chi connectivity index (χ3v) is 1.94. The molecule has 0 unspecified atom stereocenters. The molecule has 0 aromatic rings. The van der Waals surface area contributed by atoms with Crippen LogP contribution >= 0.6 is 23.7 Å². The van der Waals surface area contributed by atoms with E-state index in [0.717, 1.165) is 11.9 Å². The van der Waals surface area contributed by atoms with Crippen LogP contribution in [0, 0.1) is 0 Å². The van der Waals surface area contributed by atoms with E-state index >= 15 is 0 Å². The summed E-state index contributed by atoms with van der Waals surface area (Å²) in [5.41, 5.74) is 4.71. The molecule has 4 nitrogen and oxygen atoms in total. The second-order valence-corrected chi connectivity index (χ2v) is 3.10. The van der Waals surface area contributed by atoms with Crippen molar-refractivity contribution in [1.82, 2.24) is 4.72 Å². The lowest BCUT2D eigenvalue weighted by Gasteiger charge is -1.96. The molecule has 0 heterocycles. The zero-order chi connectivity index (χ0) is 7.98. The van der Waals surface area contributed by atoms with Crippen molar-refractivity contribution in [2.75, 3.05) is 12.0 Å². The Morgan fingerprint density at radius 1 is 1.60 bits per heavy atom. The number of nitrogens with two attached hydrogens (primary N) is 1. The van der Waals surface area contributed by atoms with E-state index in [1.807, 2.05) is 6.26 Å². The quantitative estimate of drug-likeness (QED) is 0.595. The Morgan fingerprint density at radius 3 is 2.60 bits per heavy atom. The van der Waals surface area contributed by atoms with Crippen molar-refractivity contribution in [3.8, 4) is 0 Å². The standard InChI is InChI=1S/C4H8N2O2S2/c1-9-2-3(7)10-6-4(5)8/h2H2,1H3,(H3,5,6,8). The first-order valence-corrected chi connectivity index (χ1v) is 4.62. The van der Waals surface area contributed by atoms with Gasteiger partial charge in [-0.2, -0.15) is 11.8 Å². The van der Waals surface area contributed by atoms with Gasteiger partial charge in [0.1, 0.15) is 0 Å². The maximum atomic E-state index is 10.6. The van der Waals surface area contributed by atoms with E-state index in [1.54, 1.807) is 0 Å². The third-order valence-electron chi connectivity index (χ3n) is 0.528. The summed E-state index contributed by atoms with van der Waals surface area (Å²) in [7, 11) is 0. The molecule has 0 saturated heterocycles. The Bertz CT molecular complexity index is 139. The Balaban J connectivity index is 3.30. The predicted molar refractivity (Wildman–Crippen MR) is 43.7 cm³/mol. The van der Waals surface area contributed by atoms with Crippen molar-refractivity contribution >= 4 is 34.9 Å². The van der Waals surface area contributed by atoms with E-state index in [-0.39, 0.29) is 5.12 Å². The molecule has 6 heteroatoms. The van der Waals surface area contributed by atoms with Crippen LogP contribution in [0.25, 0.3) is 0 Å². The highest BCUT2D eigenvalue weighted by Gasteiger charge is 2.01. The minimum atomic E-state index is -0.695. The fourth-order valence-electron chi connectivity index (χ4n) is 0.255. The summed E-state index contributed by atoms with van der Waals surface area (Å²) in [4.78, 5) is 20.7. The van der Waals surface area contributed by atoms with E-state index < -0.39 is 6.03 Å². The normalized spacial score (nSPS) is 8.90. The number of nitrogens with one attached hydrogen (secondary N) is 1. The number of primary amides is 1. The Morgan fingerprint density at radius 2 is 2.20 bits per heavy atom. The molecule has 58 valence electrons. The molecule has 10 heavy (non-hydrogen) atoms. The highest BCUT2D eigenvalue weighted by atomic mass is 32.2. The van der Waals surface area contributed by atoms with Gasteiger partial charge in [0.2, 0.25) is 5.12 Å². The van der Waals surface area contributed by atoms with Crippen molar-refractivity contribution in [2.24, 2.45) is 5.73 Å². The maximum absolute atomic E-state index is 10.6. The van der Waals surface area contributed by atoms with Gasteiger partial charge < -0.3 is 5.73 Å². The monoisotopic (exact) mass is 180 g/mol. The molecule has 2 amide bonds. The topological polar surface area (TPSA) is 72.2 Å². The fraction of sp³-hybridized carbons (Fsp3) is 0.500. The molecule has 0 atom stereocenters. The van der Waals surface area contributed by atoms with Crippen LogP contribution in [0.2, 0.25) is 0 Å². The fourth-order valence-corrected chi connectivity index (χ4v) is 1.29. The average Bonchev–Trinajstić information content (AvgIpc) is 1.85. The molecule has 0 radical (unpaired) electrons. The van der Waals surface area contributed by atoms with Crippen LogP contribution in [0.1, 0.15) is 0 Å². The Labute approximate surface area is 67.4 Å². The lowest BCUT2D eigenvalue weighted by Crippen LogP contribution is -2.24. The second kappa shape index (κ2) is 5.43. The van der Waals surface area contributed by atoms with Gasteiger partial charge in [-0.05, 0) is 6.26 Å². The van der Waals surface area contributed by atoms with Gasteiger partial charge in [-0.25, -0.2) is 4.79 Å². The van der Waals surface area contributed by atoms with Crippen molar-refractivity contribution in [3.05, 3.63) is 0 Å². The predicted octanol–water partition coefficient (Wildman–Crippen LogP) is 0.193. The number of hydrogen-bond donors (Lipinski definition) is 2. The first-order chi connectivity index (χ1) is 4.66. The molecular weight excluding hydrogens is 172 g/mol. The number of carbonyl (C=O) groups is 2. The van der Waals surface area contributed by atoms with E-state index in [1.165, 1.54) is 11.8 Å². The van der Waals surface area contributed by atoms with E-state index in [0.29, 0.717) is 5.75 Å². The molecule has 0 aliphatic heterocycles. The van der Waals surface area contributed by atoms with Crippen LogP contribution in [-0.2, 0) is 4.79 Å². The van der Waals surface area contributed by atoms with Crippen LogP contribution in [0.4, 0.5) is 4.79 Å². The van der Waals surface area contributed by atoms with Gasteiger partial charge in [-0.1, -0.05) is 0 Å². The summed E-state index contributed by atoms with van der Waals surface area (Å²) in [5.74, 6) is 0.380. The SMILES string of the molecule is CSCC(=O)SNC(N)=O. The largest absolute Gasteiger partial charge is 0.351 e. The summed E-state index contributed by atoms with van der Waals surface area (Å²) >= 11 is 2.12. The molecule has 0 aliphatic rings. The molecule has 0 fully saturated rings. The highest BCUT2D eigenvalue weighted by Crippen LogP contribution is 2.01. The number of amides is 2. The van der Waals surface area contributed by atoms with Gasteiger partial charge in [-0.15, -0.1) is 0 Å². The Hall–Kier alpha value is -0.360. The zero-order valence-corrected chi connectivity index (χ0v) is 7.05. The van der Waals surface area contributed by atoms with Crippen LogP contribution in [0.15, 0.2) is 0 Å².